The van der Waals surface area contributed by atoms with Crippen LogP contribution < -0.4 is 5.73 Å². The first-order valence-corrected chi connectivity index (χ1v) is 16.5. The normalized spacial score (nSPS) is 16.5. The van der Waals surface area contributed by atoms with Gasteiger partial charge >= 0.3 is 5.97 Å². The topological polar surface area (TPSA) is 110 Å². The molecule has 2 amide bonds. The molecule has 4 rings (SSSR count). The standard InChI is InChI=1S/C33H40N3O5P/c1-3-41-33(39)30(22-26-14-7-4-8-15-26)36(32(38)29-20-13-21-35(29)31(37)25(2)34)42(40,23-27-16-9-5-10-17-27)24-28-18-11-6-12-19-28/h4-12,14-19,25,29-30H,3,13,20-24,34H2,1-2H3/t25-,29-,30-/m0/s1. The van der Waals surface area contributed by atoms with Crippen LogP contribution in [0.2, 0.25) is 0 Å². The Labute approximate surface area is 248 Å². The van der Waals surface area contributed by atoms with E-state index in [0.29, 0.717) is 19.4 Å². The summed E-state index contributed by atoms with van der Waals surface area (Å²) in [6.07, 6.45) is 1.24. The molecular formula is C33H40N3O5P. The summed E-state index contributed by atoms with van der Waals surface area (Å²) in [6, 6.07) is 25.2. The fraction of sp³-hybridized carbons (Fsp3) is 0.364. The Hall–Kier alpha value is -3.74. The van der Waals surface area contributed by atoms with E-state index >= 15 is 4.57 Å². The van der Waals surface area contributed by atoms with E-state index in [2.05, 4.69) is 0 Å². The van der Waals surface area contributed by atoms with Crippen LogP contribution in [-0.2, 0) is 42.4 Å². The van der Waals surface area contributed by atoms with Gasteiger partial charge < -0.3 is 15.4 Å². The molecule has 1 heterocycles. The molecule has 2 N–H and O–H groups in total. The number of carbonyl (C=O) groups excluding carboxylic acids is 3. The third-order valence-electron chi connectivity index (χ3n) is 7.50. The lowest BCUT2D eigenvalue weighted by Crippen LogP contribution is -2.55. The van der Waals surface area contributed by atoms with Crippen LogP contribution in [0.1, 0.15) is 43.4 Å². The molecule has 1 saturated heterocycles. The van der Waals surface area contributed by atoms with Crippen molar-refractivity contribution in [2.45, 2.75) is 63.6 Å². The van der Waals surface area contributed by atoms with Gasteiger partial charge in [0.15, 0.2) is 7.29 Å². The first-order valence-electron chi connectivity index (χ1n) is 14.5. The smallest absolute Gasteiger partial charge is 0.329 e. The van der Waals surface area contributed by atoms with Gasteiger partial charge in [-0.15, -0.1) is 0 Å². The summed E-state index contributed by atoms with van der Waals surface area (Å²) in [5.41, 5.74) is 8.32. The van der Waals surface area contributed by atoms with E-state index < -0.39 is 37.3 Å². The van der Waals surface area contributed by atoms with Gasteiger partial charge in [-0.1, -0.05) is 91.0 Å². The minimum absolute atomic E-state index is 0.0626. The largest absolute Gasteiger partial charge is 0.464 e. The molecule has 222 valence electrons. The third kappa shape index (κ3) is 7.55. The summed E-state index contributed by atoms with van der Waals surface area (Å²) in [7, 11) is -3.72. The number of nitrogens with zero attached hydrogens (tertiary/aromatic N) is 2. The van der Waals surface area contributed by atoms with Gasteiger partial charge in [-0.25, -0.2) is 4.79 Å². The van der Waals surface area contributed by atoms with Gasteiger partial charge in [0.2, 0.25) is 5.91 Å². The summed E-state index contributed by atoms with van der Waals surface area (Å²) in [6.45, 7) is 3.77. The molecule has 3 aromatic rings. The van der Waals surface area contributed by atoms with Crippen LogP contribution in [0.15, 0.2) is 91.0 Å². The Balaban J connectivity index is 1.89. The average Bonchev–Trinajstić information content (AvgIpc) is 3.48. The number of rotatable bonds is 12. The maximum atomic E-state index is 15.6. The third-order valence-corrected chi connectivity index (χ3v) is 10.5. The number of hydrogen-bond donors (Lipinski definition) is 1. The van der Waals surface area contributed by atoms with Crippen LogP contribution in [0, 0.1) is 0 Å². The van der Waals surface area contributed by atoms with E-state index in [1.165, 1.54) is 9.57 Å². The lowest BCUT2D eigenvalue weighted by Gasteiger charge is -2.40. The lowest BCUT2D eigenvalue weighted by atomic mass is 10.0. The highest BCUT2D eigenvalue weighted by atomic mass is 31.2. The minimum Gasteiger partial charge on any atom is -0.464 e. The molecule has 0 aliphatic carbocycles. The molecule has 0 bridgehead atoms. The number of amides is 2. The molecule has 8 nitrogen and oxygen atoms in total. The SMILES string of the molecule is CCOC(=O)[C@H](Cc1ccccc1)N(C(=O)[C@@H]1CCCN1C(=O)[C@H](C)N)P(=O)(Cc1ccccc1)Cc1ccccc1. The van der Waals surface area contributed by atoms with E-state index in [1.807, 2.05) is 91.0 Å². The first kappa shape index (κ1) is 31.2. The van der Waals surface area contributed by atoms with Crippen LogP contribution in [0.25, 0.3) is 0 Å². The minimum atomic E-state index is -3.72. The van der Waals surface area contributed by atoms with Crippen molar-refractivity contribution in [2.75, 3.05) is 13.2 Å². The summed E-state index contributed by atoms with van der Waals surface area (Å²) in [4.78, 5) is 43.1. The van der Waals surface area contributed by atoms with Crippen molar-refractivity contribution >= 4 is 25.1 Å². The van der Waals surface area contributed by atoms with Crippen molar-refractivity contribution in [2.24, 2.45) is 5.73 Å². The van der Waals surface area contributed by atoms with Gasteiger partial charge in [0, 0.05) is 25.3 Å². The molecule has 0 radical (unpaired) electrons. The zero-order valence-corrected chi connectivity index (χ0v) is 25.2. The molecule has 3 aromatic carbocycles. The van der Waals surface area contributed by atoms with Crippen molar-refractivity contribution in [1.82, 2.24) is 9.57 Å². The number of carbonyl (C=O) groups is 3. The highest BCUT2D eigenvalue weighted by molar-refractivity contribution is 7.60. The van der Waals surface area contributed by atoms with Crippen molar-refractivity contribution in [3.05, 3.63) is 108 Å². The quantitative estimate of drug-likeness (QED) is 0.235. The van der Waals surface area contributed by atoms with E-state index in [0.717, 1.165) is 16.7 Å². The highest BCUT2D eigenvalue weighted by Gasteiger charge is 2.48. The second-order valence-electron chi connectivity index (χ2n) is 10.8. The molecule has 1 aliphatic heterocycles. The predicted octanol–water partition coefficient (Wildman–Crippen LogP) is 5.01. The Kier molecular flexibility index (Phi) is 10.7. The van der Waals surface area contributed by atoms with E-state index in [4.69, 9.17) is 10.5 Å². The predicted molar refractivity (Wildman–Crippen MR) is 164 cm³/mol. The zero-order chi connectivity index (χ0) is 30.1. The van der Waals surface area contributed by atoms with Crippen LogP contribution in [0.3, 0.4) is 0 Å². The summed E-state index contributed by atoms with van der Waals surface area (Å²) < 4.78 is 22.4. The number of hydrogen-bond acceptors (Lipinski definition) is 6. The molecule has 3 atom stereocenters. The number of esters is 1. The average molecular weight is 590 g/mol. The van der Waals surface area contributed by atoms with Gasteiger partial charge in [0.05, 0.1) is 12.6 Å². The molecule has 0 unspecified atom stereocenters. The van der Waals surface area contributed by atoms with E-state index in [1.54, 1.807) is 13.8 Å². The fourth-order valence-corrected chi connectivity index (χ4v) is 8.74. The monoisotopic (exact) mass is 589 g/mol. The van der Waals surface area contributed by atoms with E-state index in [9.17, 15) is 14.4 Å². The summed E-state index contributed by atoms with van der Waals surface area (Å²) in [5.74, 6) is -1.48. The van der Waals surface area contributed by atoms with Crippen LogP contribution >= 0.6 is 7.29 Å². The maximum Gasteiger partial charge on any atom is 0.329 e. The van der Waals surface area contributed by atoms with E-state index in [-0.39, 0.29) is 31.3 Å². The van der Waals surface area contributed by atoms with Gasteiger partial charge in [0.1, 0.15) is 12.1 Å². The Morgan fingerprint density at radius 1 is 0.905 bits per heavy atom. The Morgan fingerprint density at radius 3 is 1.88 bits per heavy atom. The van der Waals surface area contributed by atoms with Gasteiger partial charge in [-0.2, -0.15) is 0 Å². The summed E-state index contributed by atoms with van der Waals surface area (Å²) >= 11 is 0. The number of nitrogens with two attached hydrogens (primary N) is 1. The maximum absolute atomic E-state index is 15.6. The Morgan fingerprint density at radius 2 is 1.40 bits per heavy atom. The van der Waals surface area contributed by atoms with Crippen LogP contribution in [0.5, 0.6) is 0 Å². The van der Waals surface area contributed by atoms with Gasteiger partial charge in [-0.05, 0) is 43.4 Å². The van der Waals surface area contributed by atoms with Crippen molar-refractivity contribution in [3.8, 4) is 0 Å². The van der Waals surface area contributed by atoms with Crippen molar-refractivity contribution < 1.29 is 23.7 Å². The van der Waals surface area contributed by atoms with Gasteiger partial charge in [-0.3, -0.25) is 18.8 Å². The second-order valence-corrected chi connectivity index (χ2v) is 13.5. The summed E-state index contributed by atoms with van der Waals surface area (Å²) in [5, 5.41) is 0. The molecule has 0 aromatic heterocycles. The number of benzene rings is 3. The lowest BCUT2D eigenvalue weighted by molar-refractivity contribution is -0.153. The van der Waals surface area contributed by atoms with Crippen LogP contribution in [0.4, 0.5) is 0 Å². The van der Waals surface area contributed by atoms with Crippen molar-refractivity contribution in [3.63, 3.8) is 0 Å². The molecule has 9 heteroatoms. The molecular weight excluding hydrogens is 549 g/mol. The Bertz CT molecular complexity index is 1340. The van der Waals surface area contributed by atoms with Crippen LogP contribution in [-0.4, -0.2) is 58.6 Å². The molecule has 1 fully saturated rings. The molecule has 0 saturated carbocycles. The molecule has 0 spiro atoms. The fourth-order valence-electron chi connectivity index (χ4n) is 5.58. The highest BCUT2D eigenvalue weighted by Crippen LogP contribution is 2.58. The second kappa shape index (κ2) is 14.4. The first-order chi connectivity index (χ1) is 20.2. The molecule has 42 heavy (non-hydrogen) atoms. The zero-order valence-electron chi connectivity index (χ0n) is 24.3. The number of likely N-dealkylation sites (tertiary alicyclic amines) is 1. The number of ether oxygens (including phenoxy) is 1. The van der Waals surface area contributed by atoms with Crippen molar-refractivity contribution in [1.29, 1.82) is 0 Å². The molecule has 1 aliphatic rings. The van der Waals surface area contributed by atoms with Gasteiger partial charge in [0.25, 0.3) is 5.91 Å².